The third-order valence-electron chi connectivity index (χ3n) is 14.0. The Morgan fingerprint density at radius 1 is 0.465 bits per heavy atom. The summed E-state index contributed by atoms with van der Waals surface area (Å²) < 4.78 is 0. The zero-order chi connectivity index (χ0) is 50.5. The molecule has 8 aromatic rings. The Kier molecular flexibility index (Phi) is 11.0. The Labute approximate surface area is 415 Å². The normalized spacial score (nSPS) is 12.9. The molecule has 0 aliphatic carbocycles. The second kappa shape index (κ2) is 16.6. The van der Waals surface area contributed by atoms with Crippen molar-refractivity contribution in [1.29, 1.82) is 0 Å². The number of aromatic nitrogens is 6. The van der Waals surface area contributed by atoms with Crippen molar-refractivity contribution in [2.75, 3.05) is 5.73 Å². The van der Waals surface area contributed by atoms with Crippen LogP contribution in [0.1, 0.15) is 117 Å². The minimum Gasteiger partial charge on any atom is -0.391 e. The number of fused-ring (bicyclic) bond motifs is 11. The van der Waals surface area contributed by atoms with Gasteiger partial charge in [0.25, 0.3) is 0 Å². The molecule has 10 rings (SSSR count). The van der Waals surface area contributed by atoms with Crippen LogP contribution >= 0.6 is 0 Å². The number of nitrogens with two attached hydrogens (primary N) is 1. The summed E-state index contributed by atoms with van der Waals surface area (Å²) in [7, 11) is 0. The number of hydrogen-bond acceptors (Lipinski definition) is 6. The van der Waals surface area contributed by atoms with Crippen molar-refractivity contribution in [3.05, 3.63) is 159 Å². The Morgan fingerprint density at radius 2 is 0.873 bits per heavy atom. The molecular formula is C61H62N8O2. The molecule has 0 unspecified atom stereocenters. The molecule has 0 spiro atoms. The van der Waals surface area contributed by atoms with E-state index in [-0.39, 0.29) is 43.5 Å². The SMILES string of the molecule is CC(C)(C)c1ccc(-c2c3nc(c(-c4ccc(C(C)(C)C)cc4)c4[nH]c(c(N)c4[N+](=O)[O-])c(-c4ccc(C(C)(C)C)cc4)c4nc(c(-c5ccc(C(C)(C)C)cc5)c5ccc2[nH]5)-c2nc[nH]c2-4)C=C3)cc1. The van der Waals surface area contributed by atoms with E-state index in [1.807, 2.05) is 24.3 Å². The fourth-order valence-electron chi connectivity index (χ4n) is 9.86. The number of H-pyrrole nitrogens is 3. The van der Waals surface area contributed by atoms with Gasteiger partial charge in [-0.1, -0.05) is 180 Å². The number of nitrogens with zero attached hydrogens (tertiary/aromatic N) is 4. The van der Waals surface area contributed by atoms with Crippen LogP contribution in [0.4, 0.5) is 11.4 Å². The Hall–Kier alpha value is -7.85. The van der Waals surface area contributed by atoms with Crippen LogP contribution < -0.4 is 5.73 Å². The number of nitro groups is 1. The van der Waals surface area contributed by atoms with Gasteiger partial charge in [0.2, 0.25) is 0 Å². The van der Waals surface area contributed by atoms with Crippen LogP contribution in [0.5, 0.6) is 0 Å². The minimum atomic E-state index is -0.385. The summed E-state index contributed by atoms with van der Waals surface area (Å²) in [6.45, 7) is 26.3. The van der Waals surface area contributed by atoms with E-state index in [0.29, 0.717) is 50.8 Å². The Morgan fingerprint density at radius 3 is 1.32 bits per heavy atom. The van der Waals surface area contributed by atoms with Crippen molar-refractivity contribution in [3.63, 3.8) is 0 Å². The highest BCUT2D eigenvalue weighted by molar-refractivity contribution is 6.09. The first-order valence-corrected chi connectivity index (χ1v) is 24.4. The summed E-state index contributed by atoms with van der Waals surface area (Å²) in [6.07, 6.45) is 5.64. The first kappa shape index (κ1) is 46.9. The number of nitrogen functional groups attached to an aromatic ring is 1. The zero-order valence-corrected chi connectivity index (χ0v) is 42.8. The molecule has 0 saturated carbocycles. The lowest BCUT2D eigenvalue weighted by Crippen LogP contribution is -2.10. The van der Waals surface area contributed by atoms with Crippen LogP contribution in [-0.4, -0.2) is 34.8 Å². The maximum absolute atomic E-state index is 13.7. The van der Waals surface area contributed by atoms with Crippen LogP contribution in [0.15, 0.2) is 116 Å². The van der Waals surface area contributed by atoms with Gasteiger partial charge in [-0.05, 0) is 90.5 Å². The highest BCUT2D eigenvalue weighted by Crippen LogP contribution is 2.49. The molecule has 2 aliphatic rings. The molecule has 358 valence electrons. The van der Waals surface area contributed by atoms with Crippen molar-refractivity contribution in [1.82, 2.24) is 29.9 Å². The summed E-state index contributed by atoms with van der Waals surface area (Å²) in [6, 6.07) is 38.1. The summed E-state index contributed by atoms with van der Waals surface area (Å²) in [5, 5.41) is 13.7. The molecule has 71 heavy (non-hydrogen) atoms. The molecule has 0 fully saturated rings. The third-order valence-corrected chi connectivity index (χ3v) is 14.0. The van der Waals surface area contributed by atoms with Crippen molar-refractivity contribution < 1.29 is 4.92 Å². The summed E-state index contributed by atoms with van der Waals surface area (Å²) in [5.41, 5.74) is 23.5. The molecule has 4 aromatic heterocycles. The van der Waals surface area contributed by atoms with E-state index in [4.69, 9.17) is 20.7 Å². The maximum atomic E-state index is 13.7. The standard InChI is InChI=1S/C61H62N8O2/c1-58(2,3)38-21-13-34(14-22-38)46-42-29-31-44(65-42)47(35-15-23-39(24-16-35)59(4,5)6)52-55-56(64-33-63-55)53(68-52)49(37-19-27-41(28-20-37)61(10,11)12)51-50(62)57(69(70)71)54(67-51)48(45-32-30-43(46)66-45)36-17-25-40(26-18-36)60(7,8)9/h13-33,65,67H,62H2,1-12H3,(H,63,64). The van der Waals surface area contributed by atoms with Gasteiger partial charge in [-0.2, -0.15) is 0 Å². The number of rotatable bonds is 5. The van der Waals surface area contributed by atoms with E-state index < -0.39 is 0 Å². The van der Waals surface area contributed by atoms with Gasteiger partial charge >= 0.3 is 5.69 Å². The molecule has 6 heterocycles. The maximum Gasteiger partial charge on any atom is 0.318 e. The molecule has 0 amide bonds. The molecule has 8 bridgehead atoms. The molecular weight excluding hydrogens is 877 g/mol. The average molecular weight is 939 g/mol. The molecule has 10 heteroatoms. The van der Waals surface area contributed by atoms with Crippen LogP contribution in [0.3, 0.4) is 0 Å². The number of imidazole rings is 1. The lowest BCUT2D eigenvalue weighted by atomic mass is 9.86. The fourth-order valence-corrected chi connectivity index (χ4v) is 9.86. The second-order valence-corrected chi connectivity index (χ2v) is 23.1. The predicted molar refractivity (Wildman–Crippen MR) is 294 cm³/mol. The van der Waals surface area contributed by atoms with Crippen LogP contribution in [0.25, 0.3) is 102 Å². The molecule has 0 atom stereocenters. The highest BCUT2D eigenvalue weighted by Gasteiger charge is 2.32. The molecule has 0 saturated heterocycles. The highest BCUT2D eigenvalue weighted by atomic mass is 16.6. The van der Waals surface area contributed by atoms with E-state index in [0.717, 1.165) is 55.5 Å². The lowest BCUT2D eigenvalue weighted by Gasteiger charge is -2.19. The minimum absolute atomic E-state index is 0.0150. The second-order valence-electron chi connectivity index (χ2n) is 23.1. The van der Waals surface area contributed by atoms with Gasteiger partial charge in [0, 0.05) is 33.3 Å². The largest absolute Gasteiger partial charge is 0.391 e. The summed E-state index contributed by atoms with van der Waals surface area (Å²) in [5.74, 6) is 0. The van der Waals surface area contributed by atoms with E-state index in [1.165, 1.54) is 11.1 Å². The number of benzene rings is 4. The molecule has 10 nitrogen and oxygen atoms in total. The monoisotopic (exact) mass is 938 g/mol. The molecule has 5 N–H and O–H groups in total. The van der Waals surface area contributed by atoms with Crippen molar-refractivity contribution >= 4 is 45.6 Å². The first-order valence-electron chi connectivity index (χ1n) is 24.4. The molecule has 2 aliphatic heterocycles. The fraction of sp³-hybridized carbons (Fsp3) is 0.262. The number of nitrogens with one attached hydrogen (secondary N) is 3. The van der Waals surface area contributed by atoms with Crippen LogP contribution in [0, 0.1) is 10.1 Å². The Bertz CT molecular complexity index is 3620. The van der Waals surface area contributed by atoms with Gasteiger partial charge in [0.15, 0.2) is 0 Å². The van der Waals surface area contributed by atoms with Gasteiger partial charge < -0.3 is 20.7 Å². The summed E-state index contributed by atoms with van der Waals surface area (Å²) >= 11 is 0. The average Bonchev–Trinajstić information content (AvgIpc) is 4.16. The third kappa shape index (κ3) is 8.35. The van der Waals surface area contributed by atoms with Gasteiger partial charge in [-0.3, -0.25) is 10.1 Å². The Balaban J connectivity index is 1.44. The van der Waals surface area contributed by atoms with Gasteiger partial charge in [-0.25, -0.2) is 15.0 Å². The lowest BCUT2D eigenvalue weighted by molar-refractivity contribution is -0.382. The van der Waals surface area contributed by atoms with Gasteiger partial charge in [-0.15, -0.1) is 0 Å². The zero-order valence-electron chi connectivity index (χ0n) is 42.8. The van der Waals surface area contributed by atoms with E-state index in [9.17, 15) is 10.1 Å². The predicted octanol–water partition coefficient (Wildman–Crippen LogP) is 15.9. The number of aromatic amines is 3. The van der Waals surface area contributed by atoms with Crippen LogP contribution in [0.2, 0.25) is 0 Å². The van der Waals surface area contributed by atoms with Crippen molar-refractivity contribution in [2.24, 2.45) is 0 Å². The first-order chi connectivity index (χ1) is 33.5. The quantitative estimate of drug-likeness (QED) is 0.0995. The van der Waals surface area contributed by atoms with Crippen LogP contribution in [-0.2, 0) is 21.7 Å². The van der Waals surface area contributed by atoms with E-state index in [2.05, 4.69) is 195 Å². The molecule has 0 radical (unpaired) electrons. The smallest absolute Gasteiger partial charge is 0.318 e. The topological polar surface area (TPSA) is 155 Å². The van der Waals surface area contributed by atoms with Crippen molar-refractivity contribution in [2.45, 2.75) is 105 Å². The molecule has 4 aromatic carbocycles. The number of anilines is 1. The number of hydrogen-bond donors (Lipinski definition) is 4. The van der Waals surface area contributed by atoms with E-state index in [1.54, 1.807) is 6.33 Å². The van der Waals surface area contributed by atoms with Gasteiger partial charge in [0.1, 0.15) is 22.6 Å². The van der Waals surface area contributed by atoms with E-state index >= 15 is 0 Å². The summed E-state index contributed by atoms with van der Waals surface area (Å²) in [4.78, 5) is 40.2. The van der Waals surface area contributed by atoms with Crippen molar-refractivity contribution in [3.8, 4) is 67.3 Å². The van der Waals surface area contributed by atoms with Gasteiger partial charge in [0.05, 0.1) is 39.5 Å².